The van der Waals surface area contributed by atoms with E-state index in [0.717, 1.165) is 3.57 Å². The molecule has 1 fully saturated rings. The van der Waals surface area contributed by atoms with Gasteiger partial charge in [0.15, 0.2) is 0 Å². The summed E-state index contributed by atoms with van der Waals surface area (Å²) in [6.45, 7) is 2.75. The molecule has 1 heterocycles. The van der Waals surface area contributed by atoms with Gasteiger partial charge >= 0.3 is 5.97 Å². The number of carbonyl (C=O) groups excluding carboxylic acids is 1. The number of benzene rings is 1. The number of rotatable bonds is 4. The van der Waals surface area contributed by atoms with Gasteiger partial charge in [-0.25, -0.2) is 0 Å². The number of hydrogen-bond acceptors (Lipinski definition) is 3. The monoisotopic (exact) mass is 389 g/mol. The summed E-state index contributed by atoms with van der Waals surface area (Å²) in [7, 11) is 0. The van der Waals surface area contributed by atoms with E-state index >= 15 is 0 Å². The van der Waals surface area contributed by atoms with Crippen LogP contribution in [0.5, 0.6) is 0 Å². The lowest BCUT2D eigenvalue weighted by atomic mass is 10.0. The number of carbonyl (C=O) groups is 2. The van der Waals surface area contributed by atoms with Gasteiger partial charge in [-0.15, -0.1) is 0 Å². The van der Waals surface area contributed by atoms with Crippen molar-refractivity contribution in [2.24, 2.45) is 5.92 Å². The van der Waals surface area contributed by atoms with Crippen LogP contribution in [-0.4, -0.2) is 47.7 Å². The van der Waals surface area contributed by atoms with Crippen molar-refractivity contribution >= 4 is 34.5 Å². The molecule has 1 aromatic rings. The van der Waals surface area contributed by atoms with Crippen LogP contribution in [0.15, 0.2) is 24.3 Å². The fraction of sp³-hybridized carbons (Fsp3) is 0.429. The van der Waals surface area contributed by atoms with Gasteiger partial charge < -0.3 is 14.7 Å². The van der Waals surface area contributed by atoms with Crippen molar-refractivity contribution in [3.63, 3.8) is 0 Å². The Kier molecular flexibility index (Phi) is 4.98. The van der Waals surface area contributed by atoms with Gasteiger partial charge in [0.05, 0.1) is 19.3 Å². The first-order chi connectivity index (χ1) is 9.54. The second-order valence-corrected chi connectivity index (χ2v) is 5.89. The molecule has 1 aliphatic rings. The molecule has 108 valence electrons. The van der Waals surface area contributed by atoms with Crippen LogP contribution in [0.3, 0.4) is 0 Å². The SMILES string of the molecule is CCN(C(=O)c1ccc(I)cc1)C1COCC1C(=O)O. The minimum absolute atomic E-state index is 0.148. The van der Waals surface area contributed by atoms with Gasteiger partial charge in [-0.2, -0.15) is 0 Å². The van der Waals surface area contributed by atoms with E-state index in [-0.39, 0.29) is 19.1 Å². The Balaban J connectivity index is 2.21. The van der Waals surface area contributed by atoms with Gasteiger partial charge in [0.2, 0.25) is 0 Å². The quantitative estimate of drug-likeness (QED) is 0.799. The Hall–Kier alpha value is -1.15. The molecule has 20 heavy (non-hydrogen) atoms. The molecule has 1 saturated heterocycles. The maximum Gasteiger partial charge on any atom is 0.311 e. The third-order valence-corrected chi connectivity index (χ3v) is 4.18. The molecule has 6 heteroatoms. The summed E-state index contributed by atoms with van der Waals surface area (Å²) in [5.41, 5.74) is 0.573. The summed E-state index contributed by atoms with van der Waals surface area (Å²) in [6.07, 6.45) is 0. The van der Waals surface area contributed by atoms with E-state index in [2.05, 4.69) is 22.6 Å². The van der Waals surface area contributed by atoms with Gasteiger partial charge in [0, 0.05) is 15.7 Å². The molecule has 2 rings (SSSR count). The molecule has 1 aromatic carbocycles. The summed E-state index contributed by atoms with van der Waals surface area (Å²) >= 11 is 2.17. The fourth-order valence-electron chi connectivity index (χ4n) is 2.37. The van der Waals surface area contributed by atoms with Crippen LogP contribution >= 0.6 is 22.6 Å². The van der Waals surface area contributed by atoms with Crippen LogP contribution in [-0.2, 0) is 9.53 Å². The molecule has 0 bridgehead atoms. The van der Waals surface area contributed by atoms with Crippen LogP contribution in [0.1, 0.15) is 17.3 Å². The van der Waals surface area contributed by atoms with Crippen molar-refractivity contribution in [2.75, 3.05) is 19.8 Å². The Morgan fingerprint density at radius 1 is 1.35 bits per heavy atom. The molecule has 2 atom stereocenters. The summed E-state index contributed by atoms with van der Waals surface area (Å²) in [5.74, 6) is -1.71. The highest BCUT2D eigenvalue weighted by Gasteiger charge is 2.39. The second kappa shape index (κ2) is 6.53. The maximum atomic E-state index is 12.5. The van der Waals surface area contributed by atoms with Crippen molar-refractivity contribution < 1.29 is 19.4 Å². The van der Waals surface area contributed by atoms with Crippen LogP contribution in [0.25, 0.3) is 0 Å². The number of carboxylic acid groups (broad SMARTS) is 1. The number of likely N-dealkylation sites (N-methyl/N-ethyl adjacent to an activating group) is 1. The van der Waals surface area contributed by atoms with E-state index in [9.17, 15) is 14.7 Å². The molecule has 0 spiro atoms. The predicted octanol–water partition coefficient (Wildman–Crippen LogP) is 1.85. The first-order valence-corrected chi connectivity index (χ1v) is 7.49. The number of carboxylic acids is 1. The Bertz CT molecular complexity index is 502. The summed E-state index contributed by atoms with van der Waals surface area (Å²) in [4.78, 5) is 25.3. The fourth-order valence-corrected chi connectivity index (χ4v) is 2.73. The zero-order chi connectivity index (χ0) is 14.7. The third kappa shape index (κ3) is 3.12. The third-order valence-electron chi connectivity index (χ3n) is 3.46. The van der Waals surface area contributed by atoms with E-state index in [4.69, 9.17) is 4.74 Å². The standard InChI is InChI=1S/C14H16INO4/c1-2-16(12-8-20-7-11(12)14(18)19)13(17)9-3-5-10(15)6-4-9/h3-6,11-12H,2,7-8H2,1H3,(H,18,19). The van der Waals surface area contributed by atoms with E-state index < -0.39 is 17.9 Å². The summed E-state index contributed by atoms with van der Waals surface area (Å²) in [6, 6.07) is 6.85. The molecule has 0 aliphatic carbocycles. The predicted molar refractivity (Wildman–Crippen MR) is 81.6 cm³/mol. The van der Waals surface area contributed by atoms with Gasteiger partial charge in [-0.3, -0.25) is 9.59 Å². The van der Waals surface area contributed by atoms with Gasteiger partial charge in [-0.05, 0) is 53.8 Å². The Morgan fingerprint density at radius 3 is 2.55 bits per heavy atom. The van der Waals surface area contributed by atoms with E-state index in [1.165, 1.54) is 0 Å². The molecule has 1 aliphatic heterocycles. The van der Waals surface area contributed by atoms with Gasteiger partial charge in [0.25, 0.3) is 5.91 Å². The molecular formula is C14H16INO4. The first kappa shape index (κ1) is 15.2. The average molecular weight is 389 g/mol. The summed E-state index contributed by atoms with van der Waals surface area (Å²) < 4.78 is 6.29. The van der Waals surface area contributed by atoms with Crippen LogP contribution in [0, 0.1) is 9.49 Å². The van der Waals surface area contributed by atoms with Crippen molar-refractivity contribution in [1.82, 2.24) is 4.90 Å². The van der Waals surface area contributed by atoms with Crippen LogP contribution in [0.2, 0.25) is 0 Å². The maximum absolute atomic E-state index is 12.5. The highest BCUT2D eigenvalue weighted by Crippen LogP contribution is 2.22. The van der Waals surface area contributed by atoms with Gasteiger partial charge in [-0.1, -0.05) is 0 Å². The van der Waals surface area contributed by atoms with E-state index in [0.29, 0.717) is 12.1 Å². The normalized spacial score (nSPS) is 21.7. The van der Waals surface area contributed by atoms with Crippen molar-refractivity contribution in [3.05, 3.63) is 33.4 Å². The largest absolute Gasteiger partial charge is 0.481 e. The molecule has 1 N–H and O–H groups in total. The first-order valence-electron chi connectivity index (χ1n) is 6.41. The van der Waals surface area contributed by atoms with E-state index in [1.807, 2.05) is 19.1 Å². The number of nitrogens with zero attached hydrogens (tertiary/aromatic N) is 1. The molecule has 0 radical (unpaired) electrons. The number of halogens is 1. The number of ether oxygens (including phenoxy) is 1. The number of amides is 1. The highest BCUT2D eigenvalue weighted by atomic mass is 127. The molecular weight excluding hydrogens is 373 g/mol. The molecule has 5 nitrogen and oxygen atoms in total. The van der Waals surface area contributed by atoms with Crippen molar-refractivity contribution in [1.29, 1.82) is 0 Å². The molecule has 0 aromatic heterocycles. The minimum atomic E-state index is -0.915. The summed E-state index contributed by atoms with van der Waals surface area (Å²) in [5, 5.41) is 9.20. The lowest BCUT2D eigenvalue weighted by Gasteiger charge is -2.29. The lowest BCUT2D eigenvalue weighted by Crippen LogP contribution is -2.46. The van der Waals surface area contributed by atoms with Crippen LogP contribution < -0.4 is 0 Å². The zero-order valence-corrected chi connectivity index (χ0v) is 13.2. The van der Waals surface area contributed by atoms with Gasteiger partial charge in [0.1, 0.15) is 5.92 Å². The van der Waals surface area contributed by atoms with E-state index in [1.54, 1.807) is 17.0 Å². The van der Waals surface area contributed by atoms with Crippen LogP contribution in [0.4, 0.5) is 0 Å². The van der Waals surface area contributed by atoms with Crippen molar-refractivity contribution in [3.8, 4) is 0 Å². The Labute approximate surface area is 131 Å². The number of aliphatic carboxylic acids is 1. The second-order valence-electron chi connectivity index (χ2n) is 4.65. The molecule has 0 saturated carbocycles. The average Bonchev–Trinajstić information content (AvgIpc) is 2.89. The Morgan fingerprint density at radius 2 is 2.00 bits per heavy atom. The minimum Gasteiger partial charge on any atom is -0.481 e. The lowest BCUT2D eigenvalue weighted by molar-refractivity contribution is -0.142. The molecule has 2 unspecified atom stereocenters. The highest BCUT2D eigenvalue weighted by molar-refractivity contribution is 14.1. The number of hydrogen-bond donors (Lipinski definition) is 1. The molecule has 1 amide bonds. The smallest absolute Gasteiger partial charge is 0.311 e. The topological polar surface area (TPSA) is 66.8 Å². The van der Waals surface area contributed by atoms with Crippen molar-refractivity contribution in [2.45, 2.75) is 13.0 Å². The zero-order valence-electron chi connectivity index (χ0n) is 11.1.